The summed E-state index contributed by atoms with van der Waals surface area (Å²) in [6, 6.07) is 4.88. The molecule has 0 radical (unpaired) electrons. The minimum atomic E-state index is -0.540. The number of ether oxygens (including phenoxy) is 2. The first-order valence-electron chi connectivity index (χ1n) is 5.87. The summed E-state index contributed by atoms with van der Waals surface area (Å²) >= 11 is 0. The number of pyridine rings is 1. The second kappa shape index (κ2) is 5.82. The lowest BCUT2D eigenvalue weighted by molar-refractivity contribution is 0.00618. The van der Waals surface area contributed by atoms with Crippen molar-refractivity contribution in [3.05, 3.63) is 23.9 Å². The van der Waals surface area contributed by atoms with Gasteiger partial charge in [0.1, 0.15) is 12.2 Å². The number of esters is 1. The monoisotopic (exact) mass is 252 g/mol. The van der Waals surface area contributed by atoms with E-state index in [1.54, 1.807) is 39.0 Å². The largest absolute Gasteiger partial charge is 0.476 e. The number of nitrogens with two attached hydrogens (primary N) is 1. The van der Waals surface area contributed by atoms with Crippen molar-refractivity contribution >= 4 is 5.97 Å². The molecular weight excluding hydrogens is 232 g/mol. The number of rotatable bonds is 4. The molecule has 18 heavy (non-hydrogen) atoms. The number of nitrogens with zero attached hydrogens (tertiary/aromatic N) is 1. The van der Waals surface area contributed by atoms with E-state index < -0.39 is 11.6 Å². The fourth-order valence-electron chi connectivity index (χ4n) is 1.16. The van der Waals surface area contributed by atoms with Gasteiger partial charge in [0.2, 0.25) is 5.88 Å². The Bertz CT molecular complexity index is 411. The molecule has 0 fully saturated rings. The molecule has 0 spiro atoms. The molecule has 0 saturated carbocycles. The second-order valence-electron chi connectivity index (χ2n) is 5.15. The SMILES string of the molecule is CC(N)COc1cccc(C(=O)OC(C)(C)C)n1. The third-order valence-corrected chi connectivity index (χ3v) is 1.83. The van der Waals surface area contributed by atoms with Gasteiger partial charge in [0.15, 0.2) is 5.69 Å². The third-order valence-electron chi connectivity index (χ3n) is 1.83. The Morgan fingerprint density at radius 2 is 2.11 bits per heavy atom. The summed E-state index contributed by atoms with van der Waals surface area (Å²) in [4.78, 5) is 15.9. The number of carbonyl (C=O) groups excluding carboxylic acids is 1. The smallest absolute Gasteiger partial charge is 0.357 e. The van der Waals surface area contributed by atoms with Crippen molar-refractivity contribution in [1.82, 2.24) is 4.98 Å². The normalized spacial score (nSPS) is 12.9. The summed E-state index contributed by atoms with van der Waals surface area (Å²) < 4.78 is 10.6. The van der Waals surface area contributed by atoms with Gasteiger partial charge in [-0.1, -0.05) is 6.07 Å². The first kappa shape index (κ1) is 14.4. The zero-order valence-corrected chi connectivity index (χ0v) is 11.3. The summed E-state index contributed by atoms with van der Waals surface area (Å²) in [6.45, 7) is 7.60. The highest BCUT2D eigenvalue weighted by Crippen LogP contribution is 2.13. The Labute approximate surface area is 107 Å². The van der Waals surface area contributed by atoms with Gasteiger partial charge in [-0.2, -0.15) is 0 Å². The average Bonchev–Trinajstić information content (AvgIpc) is 2.24. The van der Waals surface area contributed by atoms with Crippen molar-refractivity contribution in [1.29, 1.82) is 0 Å². The van der Waals surface area contributed by atoms with Gasteiger partial charge in [-0.3, -0.25) is 0 Å². The maximum atomic E-state index is 11.8. The van der Waals surface area contributed by atoms with Crippen LogP contribution in [-0.4, -0.2) is 29.2 Å². The predicted octanol–water partition coefficient (Wildman–Crippen LogP) is 1.76. The van der Waals surface area contributed by atoms with Crippen LogP contribution in [0.25, 0.3) is 0 Å². The van der Waals surface area contributed by atoms with E-state index in [0.29, 0.717) is 12.5 Å². The molecule has 0 amide bonds. The Balaban J connectivity index is 2.72. The minimum Gasteiger partial charge on any atom is -0.476 e. The molecule has 1 aromatic rings. The molecule has 2 N–H and O–H groups in total. The summed E-state index contributed by atoms with van der Waals surface area (Å²) in [7, 11) is 0. The Hall–Kier alpha value is -1.62. The predicted molar refractivity (Wildman–Crippen MR) is 68.5 cm³/mol. The summed E-state index contributed by atoms with van der Waals surface area (Å²) in [5.74, 6) is -0.0931. The van der Waals surface area contributed by atoms with Crippen molar-refractivity contribution in [2.24, 2.45) is 5.73 Å². The number of carbonyl (C=O) groups is 1. The molecule has 1 rings (SSSR count). The molecule has 0 aliphatic heterocycles. The molecule has 0 saturated heterocycles. The maximum absolute atomic E-state index is 11.8. The van der Waals surface area contributed by atoms with Crippen LogP contribution in [0.1, 0.15) is 38.2 Å². The van der Waals surface area contributed by atoms with Gasteiger partial charge in [0.25, 0.3) is 0 Å². The van der Waals surface area contributed by atoms with Crippen molar-refractivity contribution in [2.75, 3.05) is 6.61 Å². The van der Waals surface area contributed by atoms with Gasteiger partial charge in [0.05, 0.1) is 0 Å². The van der Waals surface area contributed by atoms with Crippen molar-refractivity contribution in [2.45, 2.75) is 39.3 Å². The standard InChI is InChI=1S/C13H20N2O3/c1-9(14)8-17-11-7-5-6-10(15-11)12(16)18-13(2,3)4/h5-7,9H,8,14H2,1-4H3. The van der Waals surface area contributed by atoms with E-state index >= 15 is 0 Å². The molecule has 100 valence electrons. The van der Waals surface area contributed by atoms with E-state index in [-0.39, 0.29) is 11.7 Å². The highest BCUT2D eigenvalue weighted by atomic mass is 16.6. The highest BCUT2D eigenvalue weighted by Gasteiger charge is 2.19. The van der Waals surface area contributed by atoms with E-state index in [4.69, 9.17) is 15.2 Å². The van der Waals surface area contributed by atoms with Gasteiger partial charge >= 0.3 is 5.97 Å². The highest BCUT2D eigenvalue weighted by molar-refractivity contribution is 5.87. The Morgan fingerprint density at radius 3 is 2.67 bits per heavy atom. The molecule has 1 atom stereocenters. The number of aromatic nitrogens is 1. The van der Waals surface area contributed by atoms with Crippen LogP contribution < -0.4 is 10.5 Å². The van der Waals surface area contributed by atoms with Gasteiger partial charge in [-0.25, -0.2) is 9.78 Å². The first-order valence-corrected chi connectivity index (χ1v) is 5.87. The van der Waals surface area contributed by atoms with Crippen LogP contribution in [-0.2, 0) is 4.74 Å². The van der Waals surface area contributed by atoms with Crippen LogP contribution in [0.3, 0.4) is 0 Å². The van der Waals surface area contributed by atoms with Gasteiger partial charge < -0.3 is 15.2 Å². The van der Waals surface area contributed by atoms with Crippen molar-refractivity contribution in [3.63, 3.8) is 0 Å². The zero-order chi connectivity index (χ0) is 13.8. The quantitative estimate of drug-likeness (QED) is 0.826. The molecule has 5 heteroatoms. The van der Waals surface area contributed by atoms with E-state index in [2.05, 4.69) is 4.98 Å². The Morgan fingerprint density at radius 1 is 1.44 bits per heavy atom. The molecule has 0 aromatic carbocycles. The minimum absolute atomic E-state index is 0.0861. The molecule has 1 unspecified atom stereocenters. The van der Waals surface area contributed by atoms with Crippen LogP contribution in [0.5, 0.6) is 5.88 Å². The lowest BCUT2D eigenvalue weighted by atomic mass is 10.2. The molecule has 1 aromatic heterocycles. The summed E-state index contributed by atoms with van der Waals surface area (Å²) in [5.41, 5.74) is 5.27. The second-order valence-corrected chi connectivity index (χ2v) is 5.15. The van der Waals surface area contributed by atoms with Gasteiger partial charge in [-0.05, 0) is 33.8 Å². The van der Waals surface area contributed by atoms with Crippen molar-refractivity contribution < 1.29 is 14.3 Å². The van der Waals surface area contributed by atoms with Gasteiger partial charge in [0, 0.05) is 12.1 Å². The fraction of sp³-hybridized carbons (Fsp3) is 0.538. The lowest BCUT2D eigenvalue weighted by Crippen LogP contribution is -2.25. The average molecular weight is 252 g/mol. The molecular formula is C13H20N2O3. The summed E-state index contributed by atoms with van der Waals surface area (Å²) in [6.07, 6.45) is 0. The van der Waals surface area contributed by atoms with Crippen molar-refractivity contribution in [3.8, 4) is 5.88 Å². The lowest BCUT2D eigenvalue weighted by Gasteiger charge is -2.19. The molecule has 1 heterocycles. The summed E-state index contributed by atoms with van der Waals surface area (Å²) in [5, 5.41) is 0. The fourth-order valence-corrected chi connectivity index (χ4v) is 1.16. The van der Waals surface area contributed by atoms with Crippen LogP contribution >= 0.6 is 0 Å². The maximum Gasteiger partial charge on any atom is 0.357 e. The van der Waals surface area contributed by atoms with Crippen LogP contribution in [0.4, 0.5) is 0 Å². The third kappa shape index (κ3) is 5.14. The topological polar surface area (TPSA) is 74.4 Å². The van der Waals surface area contributed by atoms with E-state index in [1.807, 2.05) is 6.92 Å². The number of hydrogen-bond acceptors (Lipinski definition) is 5. The molecule has 0 bridgehead atoms. The Kier molecular flexibility index (Phi) is 4.67. The molecule has 5 nitrogen and oxygen atoms in total. The zero-order valence-electron chi connectivity index (χ0n) is 11.3. The van der Waals surface area contributed by atoms with E-state index in [9.17, 15) is 4.79 Å². The van der Waals surface area contributed by atoms with Crippen LogP contribution in [0.2, 0.25) is 0 Å². The molecule has 0 aliphatic carbocycles. The first-order chi connectivity index (χ1) is 8.28. The van der Waals surface area contributed by atoms with Crippen LogP contribution in [0, 0.1) is 0 Å². The van der Waals surface area contributed by atoms with Crippen LogP contribution in [0.15, 0.2) is 18.2 Å². The van der Waals surface area contributed by atoms with E-state index in [0.717, 1.165) is 0 Å². The van der Waals surface area contributed by atoms with E-state index in [1.165, 1.54) is 0 Å². The van der Waals surface area contributed by atoms with Gasteiger partial charge in [-0.15, -0.1) is 0 Å². The number of hydrogen-bond donors (Lipinski definition) is 1. The molecule has 0 aliphatic rings.